The predicted molar refractivity (Wildman–Crippen MR) is 132 cm³/mol. The van der Waals surface area contributed by atoms with Crippen molar-refractivity contribution in [1.82, 2.24) is 25.4 Å². The Morgan fingerprint density at radius 3 is 2.41 bits per heavy atom. The highest BCUT2D eigenvalue weighted by Crippen LogP contribution is 2.09. The molecular formula is C22H37IN6. The fourth-order valence-corrected chi connectivity index (χ4v) is 2.93. The Hall–Kier alpha value is -1.64. The molecule has 0 atom stereocenters. The molecule has 0 spiro atoms. The first-order valence-corrected chi connectivity index (χ1v) is 10.5. The van der Waals surface area contributed by atoms with Crippen molar-refractivity contribution >= 4 is 29.9 Å². The number of hydrogen-bond acceptors (Lipinski definition) is 3. The number of aromatic nitrogens is 3. The molecule has 1 aromatic carbocycles. The zero-order valence-corrected chi connectivity index (χ0v) is 20.6. The monoisotopic (exact) mass is 512 g/mol. The van der Waals surface area contributed by atoms with Crippen LogP contribution in [-0.2, 0) is 20.1 Å². The van der Waals surface area contributed by atoms with Gasteiger partial charge in [0.15, 0.2) is 11.8 Å². The van der Waals surface area contributed by atoms with E-state index in [1.807, 2.05) is 36.7 Å². The molecule has 0 unspecified atom stereocenters. The predicted octanol–water partition coefficient (Wildman–Crippen LogP) is 4.58. The van der Waals surface area contributed by atoms with Gasteiger partial charge in [0.25, 0.3) is 0 Å². The van der Waals surface area contributed by atoms with Crippen molar-refractivity contribution in [2.45, 2.75) is 66.0 Å². The van der Waals surface area contributed by atoms with Crippen LogP contribution in [0.1, 0.15) is 63.2 Å². The molecule has 0 aliphatic heterocycles. The summed E-state index contributed by atoms with van der Waals surface area (Å²) in [6, 6.07) is 10.3. The van der Waals surface area contributed by atoms with E-state index in [-0.39, 0.29) is 24.0 Å². The quantitative estimate of drug-likeness (QED) is 0.200. The van der Waals surface area contributed by atoms with Crippen molar-refractivity contribution in [3.8, 4) is 0 Å². The maximum atomic E-state index is 4.74. The van der Waals surface area contributed by atoms with Crippen molar-refractivity contribution < 1.29 is 0 Å². The summed E-state index contributed by atoms with van der Waals surface area (Å²) in [5, 5.41) is 15.2. The molecule has 0 fully saturated rings. The van der Waals surface area contributed by atoms with E-state index in [1.165, 1.54) is 31.2 Å². The van der Waals surface area contributed by atoms with Gasteiger partial charge in [0.2, 0.25) is 0 Å². The first-order chi connectivity index (χ1) is 13.6. The van der Waals surface area contributed by atoms with Gasteiger partial charge in [0, 0.05) is 13.6 Å². The average molecular weight is 512 g/mol. The molecule has 0 saturated heterocycles. The lowest BCUT2D eigenvalue weighted by Gasteiger charge is -2.13. The standard InChI is InChI=1S/C22H36N6.HI/c1-18(2)12-8-5-6-11-15-23-22(24-16-20-13-9-7-10-14-20)25-17-21-27-26-19(3)28(21)4;/h7,9-10,13-14,18H,5-6,8,11-12,15-17H2,1-4H3,(H2,23,24,25);1H. The molecule has 162 valence electrons. The SMILES string of the molecule is Cc1nnc(CNC(=NCc2ccccc2)NCCCCCCC(C)C)n1C.I. The minimum atomic E-state index is 0. The van der Waals surface area contributed by atoms with Crippen molar-refractivity contribution in [2.75, 3.05) is 6.54 Å². The molecule has 0 saturated carbocycles. The van der Waals surface area contributed by atoms with Crippen molar-refractivity contribution in [1.29, 1.82) is 0 Å². The molecular weight excluding hydrogens is 475 g/mol. The average Bonchev–Trinajstić information content (AvgIpc) is 3.01. The van der Waals surface area contributed by atoms with Crippen LogP contribution in [0.2, 0.25) is 0 Å². The van der Waals surface area contributed by atoms with Crippen molar-refractivity contribution in [3.05, 3.63) is 47.5 Å². The van der Waals surface area contributed by atoms with Gasteiger partial charge in [0.05, 0.1) is 13.1 Å². The fraction of sp³-hybridized carbons (Fsp3) is 0.591. The van der Waals surface area contributed by atoms with E-state index >= 15 is 0 Å². The Morgan fingerprint density at radius 2 is 1.76 bits per heavy atom. The Kier molecular flexibility index (Phi) is 12.6. The number of aryl methyl sites for hydroxylation is 1. The third kappa shape index (κ3) is 10.1. The molecule has 1 aromatic heterocycles. The van der Waals surface area contributed by atoms with Gasteiger partial charge in [-0.25, -0.2) is 4.99 Å². The number of aliphatic imine (C=N–C) groups is 1. The van der Waals surface area contributed by atoms with Crippen LogP contribution in [0.25, 0.3) is 0 Å². The van der Waals surface area contributed by atoms with E-state index in [0.29, 0.717) is 13.1 Å². The number of hydrogen-bond donors (Lipinski definition) is 2. The lowest BCUT2D eigenvalue weighted by Crippen LogP contribution is -2.38. The molecule has 1 heterocycles. The molecule has 0 amide bonds. The molecule has 2 rings (SSSR count). The molecule has 29 heavy (non-hydrogen) atoms. The number of halogens is 1. The first kappa shape index (κ1) is 25.4. The number of nitrogens with zero attached hydrogens (tertiary/aromatic N) is 4. The molecule has 6 nitrogen and oxygen atoms in total. The molecule has 2 aromatic rings. The van der Waals surface area contributed by atoms with Gasteiger partial charge >= 0.3 is 0 Å². The Labute approximate surface area is 193 Å². The van der Waals surface area contributed by atoms with Crippen molar-refractivity contribution in [3.63, 3.8) is 0 Å². The second-order valence-corrected chi connectivity index (χ2v) is 7.75. The summed E-state index contributed by atoms with van der Waals surface area (Å²) in [5.74, 6) is 3.45. The third-order valence-electron chi connectivity index (χ3n) is 4.86. The van der Waals surface area contributed by atoms with Gasteiger partial charge in [-0.2, -0.15) is 0 Å². The van der Waals surface area contributed by atoms with E-state index in [1.54, 1.807) is 0 Å². The van der Waals surface area contributed by atoms with Gasteiger partial charge < -0.3 is 15.2 Å². The molecule has 7 heteroatoms. The summed E-state index contributed by atoms with van der Waals surface area (Å²) >= 11 is 0. The fourth-order valence-electron chi connectivity index (χ4n) is 2.93. The molecule has 0 radical (unpaired) electrons. The molecule has 0 aliphatic carbocycles. The lowest BCUT2D eigenvalue weighted by molar-refractivity contribution is 0.518. The normalized spacial score (nSPS) is 11.4. The minimum Gasteiger partial charge on any atom is -0.356 e. The van der Waals surface area contributed by atoms with Crippen LogP contribution in [0.4, 0.5) is 0 Å². The van der Waals surface area contributed by atoms with Crippen LogP contribution in [-0.4, -0.2) is 27.3 Å². The zero-order chi connectivity index (χ0) is 20.2. The van der Waals surface area contributed by atoms with Crippen LogP contribution in [0.5, 0.6) is 0 Å². The Balaban J connectivity index is 0.00000420. The van der Waals surface area contributed by atoms with Gasteiger partial charge in [-0.05, 0) is 24.8 Å². The maximum Gasteiger partial charge on any atom is 0.191 e. The van der Waals surface area contributed by atoms with Crippen LogP contribution >= 0.6 is 24.0 Å². The number of nitrogens with one attached hydrogen (secondary N) is 2. The van der Waals surface area contributed by atoms with Gasteiger partial charge in [-0.1, -0.05) is 69.9 Å². The Morgan fingerprint density at radius 1 is 1.03 bits per heavy atom. The Bertz CT molecular complexity index is 711. The van der Waals surface area contributed by atoms with Crippen LogP contribution < -0.4 is 10.6 Å². The topological polar surface area (TPSA) is 67.1 Å². The highest BCUT2D eigenvalue weighted by atomic mass is 127. The van der Waals surface area contributed by atoms with E-state index in [2.05, 4.69) is 46.8 Å². The van der Waals surface area contributed by atoms with E-state index in [4.69, 9.17) is 4.99 Å². The summed E-state index contributed by atoms with van der Waals surface area (Å²) in [6.07, 6.45) is 6.38. The zero-order valence-electron chi connectivity index (χ0n) is 18.3. The van der Waals surface area contributed by atoms with E-state index in [0.717, 1.165) is 36.5 Å². The second kappa shape index (κ2) is 14.4. The van der Waals surface area contributed by atoms with Gasteiger partial charge in [0.1, 0.15) is 5.82 Å². The van der Waals surface area contributed by atoms with Gasteiger partial charge in [-0.15, -0.1) is 34.2 Å². The van der Waals surface area contributed by atoms with E-state index < -0.39 is 0 Å². The number of rotatable bonds is 11. The number of benzene rings is 1. The second-order valence-electron chi connectivity index (χ2n) is 7.75. The molecule has 2 N–H and O–H groups in total. The third-order valence-corrected chi connectivity index (χ3v) is 4.86. The van der Waals surface area contributed by atoms with E-state index in [9.17, 15) is 0 Å². The smallest absolute Gasteiger partial charge is 0.191 e. The van der Waals surface area contributed by atoms with Crippen LogP contribution in [0.15, 0.2) is 35.3 Å². The van der Waals surface area contributed by atoms with Gasteiger partial charge in [-0.3, -0.25) is 0 Å². The van der Waals surface area contributed by atoms with Crippen LogP contribution in [0.3, 0.4) is 0 Å². The van der Waals surface area contributed by atoms with Crippen LogP contribution in [0, 0.1) is 12.8 Å². The first-order valence-electron chi connectivity index (χ1n) is 10.5. The lowest BCUT2D eigenvalue weighted by atomic mass is 10.0. The summed E-state index contributed by atoms with van der Waals surface area (Å²) in [5.41, 5.74) is 1.20. The molecule has 0 aliphatic rings. The highest BCUT2D eigenvalue weighted by molar-refractivity contribution is 14.0. The van der Waals surface area contributed by atoms with Crippen molar-refractivity contribution in [2.24, 2.45) is 18.0 Å². The number of unbranched alkanes of at least 4 members (excludes halogenated alkanes) is 3. The highest BCUT2D eigenvalue weighted by Gasteiger charge is 2.06. The summed E-state index contributed by atoms with van der Waals surface area (Å²) in [7, 11) is 1.98. The summed E-state index contributed by atoms with van der Waals surface area (Å²) in [4.78, 5) is 4.74. The summed E-state index contributed by atoms with van der Waals surface area (Å²) < 4.78 is 2.00. The molecule has 0 bridgehead atoms. The largest absolute Gasteiger partial charge is 0.356 e. The summed E-state index contributed by atoms with van der Waals surface area (Å²) in [6.45, 7) is 8.73. The minimum absolute atomic E-state index is 0. The number of guanidine groups is 1. The maximum absolute atomic E-state index is 4.74.